The Morgan fingerprint density at radius 3 is 2.79 bits per heavy atom. The van der Waals surface area contributed by atoms with Gasteiger partial charge in [-0.1, -0.05) is 0 Å². The van der Waals surface area contributed by atoms with Crippen LogP contribution in [0.15, 0.2) is 24.7 Å². The van der Waals surface area contributed by atoms with Crippen LogP contribution in [0, 0.1) is 6.92 Å². The van der Waals surface area contributed by atoms with E-state index >= 15 is 0 Å². The molecule has 8 heteroatoms. The Balaban J connectivity index is 1.51. The monoisotopic (exact) mass is 391 g/mol. The molecule has 29 heavy (non-hydrogen) atoms. The molecular weight excluding hydrogens is 366 g/mol. The van der Waals surface area contributed by atoms with E-state index in [2.05, 4.69) is 54.7 Å². The van der Waals surface area contributed by atoms with E-state index in [1.807, 2.05) is 25.5 Å². The molecule has 1 fully saturated rings. The van der Waals surface area contributed by atoms with Gasteiger partial charge >= 0.3 is 0 Å². The van der Waals surface area contributed by atoms with Crippen molar-refractivity contribution in [3.63, 3.8) is 0 Å². The van der Waals surface area contributed by atoms with E-state index in [0.29, 0.717) is 18.0 Å². The van der Waals surface area contributed by atoms with Gasteiger partial charge in [-0.05, 0) is 39.7 Å². The minimum atomic E-state index is 0.321. The Kier molecular flexibility index (Phi) is 4.43. The normalized spacial score (nSPS) is 15.6. The highest BCUT2D eigenvalue weighted by atomic mass is 16.5. The van der Waals surface area contributed by atoms with Crippen molar-refractivity contribution in [3.05, 3.63) is 30.5 Å². The van der Waals surface area contributed by atoms with Gasteiger partial charge in [0.2, 0.25) is 5.95 Å². The van der Waals surface area contributed by atoms with Crippen LogP contribution in [0.3, 0.4) is 0 Å². The van der Waals surface area contributed by atoms with Crippen molar-refractivity contribution < 1.29 is 4.74 Å². The van der Waals surface area contributed by atoms with Gasteiger partial charge in [0, 0.05) is 60.4 Å². The SMILES string of the molecule is Cc1nc2ncc(-c3c[nH]c4nc(NC5CCOCC5)ncc34)cc2n1C(C)C. The van der Waals surface area contributed by atoms with Crippen LogP contribution < -0.4 is 5.32 Å². The molecule has 0 unspecified atom stereocenters. The van der Waals surface area contributed by atoms with Gasteiger partial charge in [-0.3, -0.25) is 0 Å². The molecule has 0 radical (unpaired) electrons. The van der Waals surface area contributed by atoms with Crippen LogP contribution >= 0.6 is 0 Å². The van der Waals surface area contributed by atoms with Crippen LogP contribution in [0.4, 0.5) is 5.95 Å². The molecule has 0 aliphatic carbocycles. The van der Waals surface area contributed by atoms with Crippen LogP contribution in [-0.2, 0) is 4.74 Å². The van der Waals surface area contributed by atoms with Gasteiger partial charge in [0.15, 0.2) is 5.65 Å². The fourth-order valence-corrected chi connectivity index (χ4v) is 4.13. The van der Waals surface area contributed by atoms with Crippen LogP contribution in [0.2, 0.25) is 0 Å². The average Bonchev–Trinajstić information content (AvgIpc) is 3.27. The van der Waals surface area contributed by atoms with E-state index in [4.69, 9.17) is 4.74 Å². The molecule has 8 nitrogen and oxygen atoms in total. The number of aryl methyl sites for hydroxylation is 1. The lowest BCUT2D eigenvalue weighted by atomic mass is 10.1. The lowest BCUT2D eigenvalue weighted by Gasteiger charge is -2.22. The zero-order chi connectivity index (χ0) is 20.0. The van der Waals surface area contributed by atoms with E-state index in [0.717, 1.165) is 65.2 Å². The maximum atomic E-state index is 5.42. The number of nitrogens with one attached hydrogen (secondary N) is 2. The second-order valence-corrected chi connectivity index (χ2v) is 7.88. The number of nitrogens with zero attached hydrogens (tertiary/aromatic N) is 5. The molecule has 5 heterocycles. The van der Waals surface area contributed by atoms with Crippen molar-refractivity contribution in [1.82, 2.24) is 29.5 Å². The number of hydrogen-bond acceptors (Lipinski definition) is 6. The summed E-state index contributed by atoms with van der Waals surface area (Å²) < 4.78 is 7.63. The highest BCUT2D eigenvalue weighted by Gasteiger charge is 2.17. The van der Waals surface area contributed by atoms with Gasteiger partial charge in [-0.2, -0.15) is 4.98 Å². The molecule has 4 aromatic rings. The smallest absolute Gasteiger partial charge is 0.224 e. The van der Waals surface area contributed by atoms with Crippen LogP contribution in [-0.4, -0.2) is 48.7 Å². The van der Waals surface area contributed by atoms with Gasteiger partial charge in [0.25, 0.3) is 0 Å². The molecule has 2 N–H and O–H groups in total. The van der Waals surface area contributed by atoms with E-state index in [9.17, 15) is 0 Å². The van der Waals surface area contributed by atoms with Crippen molar-refractivity contribution in [2.75, 3.05) is 18.5 Å². The first-order valence-corrected chi connectivity index (χ1v) is 10.1. The van der Waals surface area contributed by atoms with Gasteiger partial charge in [-0.15, -0.1) is 0 Å². The molecule has 150 valence electrons. The highest BCUT2D eigenvalue weighted by Crippen LogP contribution is 2.30. The Morgan fingerprint density at radius 2 is 2.00 bits per heavy atom. The van der Waals surface area contributed by atoms with Crippen LogP contribution in [0.1, 0.15) is 38.6 Å². The maximum Gasteiger partial charge on any atom is 0.224 e. The first-order chi connectivity index (χ1) is 14.1. The predicted molar refractivity (Wildman–Crippen MR) is 113 cm³/mol. The van der Waals surface area contributed by atoms with Crippen molar-refractivity contribution >= 4 is 28.1 Å². The molecule has 1 saturated heterocycles. The number of fused-ring (bicyclic) bond motifs is 2. The quantitative estimate of drug-likeness (QED) is 0.549. The Labute approximate surface area is 168 Å². The first kappa shape index (κ1) is 18.1. The Bertz CT molecular complexity index is 1170. The zero-order valence-corrected chi connectivity index (χ0v) is 16.9. The summed E-state index contributed by atoms with van der Waals surface area (Å²) in [6.45, 7) is 7.91. The topological polar surface area (TPSA) is 93.5 Å². The fraction of sp³-hybridized carbons (Fsp3) is 0.429. The van der Waals surface area contributed by atoms with Crippen molar-refractivity contribution in [3.8, 4) is 11.1 Å². The Hall–Kier alpha value is -3.00. The lowest BCUT2D eigenvalue weighted by Crippen LogP contribution is -2.28. The summed E-state index contributed by atoms with van der Waals surface area (Å²) in [5.41, 5.74) is 4.71. The van der Waals surface area contributed by atoms with E-state index in [1.54, 1.807) is 0 Å². The lowest BCUT2D eigenvalue weighted by molar-refractivity contribution is 0.0903. The van der Waals surface area contributed by atoms with Crippen molar-refractivity contribution in [2.45, 2.75) is 45.7 Å². The third-order valence-corrected chi connectivity index (χ3v) is 5.54. The molecule has 0 amide bonds. The summed E-state index contributed by atoms with van der Waals surface area (Å²) in [5.74, 6) is 1.63. The van der Waals surface area contributed by atoms with Gasteiger partial charge in [0.05, 0.1) is 5.52 Å². The number of imidazole rings is 1. The number of ether oxygens (including phenoxy) is 1. The van der Waals surface area contributed by atoms with E-state index in [-0.39, 0.29) is 0 Å². The van der Waals surface area contributed by atoms with Crippen LogP contribution in [0.25, 0.3) is 33.3 Å². The van der Waals surface area contributed by atoms with Gasteiger partial charge in [0.1, 0.15) is 11.5 Å². The minimum Gasteiger partial charge on any atom is -0.381 e. The largest absolute Gasteiger partial charge is 0.381 e. The zero-order valence-electron chi connectivity index (χ0n) is 16.9. The predicted octanol–water partition coefficient (Wildman–Crippen LogP) is 3.85. The Morgan fingerprint density at radius 1 is 1.17 bits per heavy atom. The third-order valence-electron chi connectivity index (χ3n) is 5.54. The summed E-state index contributed by atoms with van der Waals surface area (Å²) >= 11 is 0. The minimum absolute atomic E-state index is 0.321. The number of pyridine rings is 1. The van der Waals surface area contributed by atoms with Gasteiger partial charge in [-0.25, -0.2) is 15.0 Å². The van der Waals surface area contributed by atoms with E-state index in [1.165, 1.54) is 0 Å². The second kappa shape index (κ2) is 7.11. The maximum absolute atomic E-state index is 5.42. The fourth-order valence-electron chi connectivity index (χ4n) is 4.13. The molecule has 0 bridgehead atoms. The first-order valence-electron chi connectivity index (χ1n) is 10.1. The molecule has 0 aromatic carbocycles. The molecule has 1 aliphatic rings. The molecule has 0 atom stereocenters. The summed E-state index contributed by atoms with van der Waals surface area (Å²) in [5, 5.41) is 4.41. The number of aromatic amines is 1. The average molecular weight is 391 g/mol. The number of anilines is 1. The number of rotatable bonds is 4. The number of aromatic nitrogens is 6. The highest BCUT2D eigenvalue weighted by molar-refractivity contribution is 5.95. The summed E-state index contributed by atoms with van der Waals surface area (Å²) in [6, 6.07) is 2.84. The molecule has 0 saturated carbocycles. The molecule has 0 spiro atoms. The standard InChI is InChI=1S/C21H25N7O/c1-12(2)28-13(3)25-20-18(28)8-14(9-22-20)16-10-23-19-17(16)11-24-21(27-19)26-15-4-6-29-7-5-15/h8-12,15H,4-7H2,1-3H3,(H2,23,24,26,27). The number of hydrogen-bond donors (Lipinski definition) is 2. The summed E-state index contributed by atoms with van der Waals surface area (Å²) in [7, 11) is 0. The third kappa shape index (κ3) is 3.23. The van der Waals surface area contributed by atoms with Crippen molar-refractivity contribution in [1.29, 1.82) is 0 Å². The molecule has 5 rings (SSSR count). The summed E-state index contributed by atoms with van der Waals surface area (Å²) in [4.78, 5) is 21.7. The summed E-state index contributed by atoms with van der Waals surface area (Å²) in [6.07, 6.45) is 7.68. The van der Waals surface area contributed by atoms with Crippen LogP contribution in [0.5, 0.6) is 0 Å². The second-order valence-electron chi connectivity index (χ2n) is 7.88. The number of H-pyrrole nitrogens is 1. The van der Waals surface area contributed by atoms with E-state index < -0.39 is 0 Å². The molecule has 1 aliphatic heterocycles. The molecule has 4 aromatic heterocycles. The van der Waals surface area contributed by atoms with Gasteiger partial charge < -0.3 is 19.6 Å². The molecular formula is C21H25N7O. The van der Waals surface area contributed by atoms with Crippen molar-refractivity contribution in [2.24, 2.45) is 0 Å².